The van der Waals surface area contributed by atoms with Gasteiger partial charge in [0.15, 0.2) is 10.9 Å². The molecule has 3 rings (SSSR count). The van der Waals surface area contributed by atoms with Crippen molar-refractivity contribution in [2.75, 3.05) is 0 Å². The van der Waals surface area contributed by atoms with E-state index in [1.165, 1.54) is 0 Å². The summed E-state index contributed by atoms with van der Waals surface area (Å²) in [6.45, 7) is 13.8. The number of hydrogen-bond acceptors (Lipinski definition) is 6. The monoisotopic (exact) mass is 377 g/mol. The van der Waals surface area contributed by atoms with Gasteiger partial charge in [-0.1, -0.05) is 13.8 Å². The topological polar surface area (TPSA) is 77.3 Å². The second-order valence-electron chi connectivity index (χ2n) is 8.38. The van der Waals surface area contributed by atoms with Gasteiger partial charge in [-0.25, -0.2) is 19.1 Å². The van der Waals surface area contributed by atoms with E-state index in [1.54, 1.807) is 0 Å². The largest absolute Gasteiger partial charge is 0.435 e. The van der Waals surface area contributed by atoms with Crippen LogP contribution in [0.1, 0.15) is 61.3 Å². The molecule has 1 fully saturated rings. The Morgan fingerprint density at radius 2 is 1.65 bits per heavy atom. The third-order valence-electron chi connectivity index (χ3n) is 6.01. The molecule has 1 saturated carbocycles. The number of nitrogens with zero attached hydrogens (tertiary/aromatic N) is 2. The second-order valence-corrected chi connectivity index (χ2v) is 10.3. The maximum Gasteiger partial charge on any atom is 0.435 e. The summed E-state index contributed by atoms with van der Waals surface area (Å²) in [6.07, 6.45) is 1.66. The number of esters is 1. The average molecular weight is 377 g/mol. The van der Waals surface area contributed by atoms with Gasteiger partial charge in [0.05, 0.1) is 0 Å². The van der Waals surface area contributed by atoms with Gasteiger partial charge in [0.1, 0.15) is 0 Å². The van der Waals surface area contributed by atoms with Gasteiger partial charge in [0.2, 0.25) is 11.6 Å². The molecule has 0 radical (unpaired) electrons. The van der Waals surface area contributed by atoms with Gasteiger partial charge in [-0.05, 0) is 56.9 Å². The molecule has 0 aromatic rings. The van der Waals surface area contributed by atoms with E-state index in [0.717, 1.165) is 24.0 Å². The summed E-state index contributed by atoms with van der Waals surface area (Å²) in [5.74, 6) is -0.227. The van der Waals surface area contributed by atoms with Crippen molar-refractivity contribution < 1.29 is 18.8 Å². The number of allylic oxidation sites excluding steroid dienone is 2. The molecule has 26 heavy (non-hydrogen) atoms. The summed E-state index contributed by atoms with van der Waals surface area (Å²) < 4.78 is 15.9. The standard InChI is InChI=1S/C19H26N2O4P/c1-10(2)13-16(22)24-15(20-13)12-8-9-19(7,18(12,5)6)26-21-14(11(3)4)17(23)25-26/h12H,8-9H2,1-7H3/q+1. The zero-order valence-corrected chi connectivity index (χ0v) is 17.4. The Morgan fingerprint density at radius 1 is 1.04 bits per heavy atom. The number of hydrogen-bond donors (Lipinski definition) is 0. The molecule has 0 N–H and O–H groups in total. The van der Waals surface area contributed by atoms with Crippen molar-refractivity contribution in [2.45, 2.75) is 66.5 Å². The highest BCUT2D eigenvalue weighted by Gasteiger charge is 2.67. The molecule has 3 aliphatic rings. The Hall–Kier alpha value is -1.81. The highest BCUT2D eigenvalue weighted by Crippen LogP contribution is 2.66. The first-order valence-corrected chi connectivity index (χ1v) is 10.1. The highest BCUT2D eigenvalue weighted by atomic mass is 31.1. The van der Waals surface area contributed by atoms with Gasteiger partial charge in [-0.3, -0.25) is 0 Å². The molecule has 0 amide bonds. The maximum absolute atomic E-state index is 12.2. The SMILES string of the molecule is CC(C)=C1N=C(C2CCC(C)([P+]3=NC(=C(C)C)C(=O)O3)C2(C)C)OC1=O. The summed E-state index contributed by atoms with van der Waals surface area (Å²) >= 11 is 0. The van der Waals surface area contributed by atoms with Crippen molar-refractivity contribution >= 4 is 25.8 Å². The van der Waals surface area contributed by atoms with E-state index in [2.05, 4.69) is 30.5 Å². The quantitative estimate of drug-likeness (QED) is 0.391. The van der Waals surface area contributed by atoms with Crippen LogP contribution in [0.25, 0.3) is 0 Å². The molecule has 140 valence electrons. The zero-order chi connectivity index (χ0) is 19.4. The average Bonchev–Trinajstić information content (AvgIpc) is 3.16. The fourth-order valence-corrected chi connectivity index (χ4v) is 5.97. The van der Waals surface area contributed by atoms with Crippen LogP contribution >= 0.6 is 7.94 Å². The number of ether oxygens (including phenoxy) is 1. The predicted molar refractivity (Wildman–Crippen MR) is 101 cm³/mol. The van der Waals surface area contributed by atoms with E-state index in [4.69, 9.17) is 9.26 Å². The lowest BCUT2D eigenvalue weighted by Gasteiger charge is -2.33. The third kappa shape index (κ3) is 2.66. The van der Waals surface area contributed by atoms with Gasteiger partial charge in [0, 0.05) is 17.8 Å². The minimum atomic E-state index is -1.29. The van der Waals surface area contributed by atoms with Crippen molar-refractivity contribution in [3.05, 3.63) is 22.5 Å². The molecule has 1 aliphatic carbocycles. The normalized spacial score (nSPS) is 31.6. The number of rotatable bonds is 2. The predicted octanol–water partition coefficient (Wildman–Crippen LogP) is 4.86. The Labute approximate surface area is 155 Å². The number of carbonyl (C=O) groups is 2. The number of carbonyl (C=O) groups excluding carboxylic acids is 2. The van der Waals surface area contributed by atoms with Crippen LogP contribution in [0.2, 0.25) is 0 Å². The maximum atomic E-state index is 12.2. The first kappa shape index (κ1) is 19.0. The fraction of sp³-hybridized carbons (Fsp3) is 0.632. The highest BCUT2D eigenvalue weighted by molar-refractivity contribution is 7.45. The summed E-state index contributed by atoms with van der Waals surface area (Å²) in [7, 11) is -1.29. The van der Waals surface area contributed by atoms with E-state index in [9.17, 15) is 9.59 Å². The molecule has 0 aromatic carbocycles. The van der Waals surface area contributed by atoms with Crippen molar-refractivity contribution in [1.29, 1.82) is 0 Å². The van der Waals surface area contributed by atoms with Crippen molar-refractivity contribution in [3.63, 3.8) is 0 Å². The molecular weight excluding hydrogens is 351 g/mol. The van der Waals surface area contributed by atoms with Crippen LogP contribution in [0.15, 0.2) is 32.3 Å². The van der Waals surface area contributed by atoms with Crippen LogP contribution in [-0.4, -0.2) is 23.0 Å². The van der Waals surface area contributed by atoms with E-state index in [0.29, 0.717) is 17.3 Å². The molecule has 3 unspecified atom stereocenters. The molecule has 0 saturated heterocycles. The lowest BCUT2D eigenvalue weighted by Crippen LogP contribution is -2.40. The summed E-state index contributed by atoms with van der Waals surface area (Å²) in [4.78, 5) is 28.7. The smallest absolute Gasteiger partial charge is 0.406 e. The van der Waals surface area contributed by atoms with E-state index < -0.39 is 7.94 Å². The van der Waals surface area contributed by atoms with E-state index in [-0.39, 0.29) is 28.4 Å². The third-order valence-corrected chi connectivity index (χ3v) is 8.38. The molecule has 2 aliphatic heterocycles. The molecule has 3 atom stereocenters. The lowest BCUT2D eigenvalue weighted by molar-refractivity contribution is -0.130. The van der Waals surface area contributed by atoms with Gasteiger partial charge in [-0.2, -0.15) is 0 Å². The first-order valence-electron chi connectivity index (χ1n) is 8.89. The number of aliphatic imine (C=N–C) groups is 1. The number of cyclic esters (lactones) is 1. The Morgan fingerprint density at radius 3 is 2.15 bits per heavy atom. The van der Waals surface area contributed by atoms with Crippen LogP contribution in [0.5, 0.6) is 0 Å². The minimum Gasteiger partial charge on any atom is -0.406 e. The first-order chi connectivity index (χ1) is 12.0. The van der Waals surface area contributed by atoms with Gasteiger partial charge in [-0.15, -0.1) is 0 Å². The van der Waals surface area contributed by atoms with Crippen LogP contribution in [0.3, 0.4) is 0 Å². The van der Waals surface area contributed by atoms with Crippen LogP contribution < -0.4 is 0 Å². The van der Waals surface area contributed by atoms with Crippen LogP contribution in [0.4, 0.5) is 0 Å². The molecular formula is C19H26N2O4P+. The molecule has 6 nitrogen and oxygen atoms in total. The van der Waals surface area contributed by atoms with E-state index in [1.807, 2.05) is 27.7 Å². The van der Waals surface area contributed by atoms with Crippen molar-refractivity contribution in [2.24, 2.45) is 21.1 Å². The van der Waals surface area contributed by atoms with Gasteiger partial charge < -0.3 is 4.74 Å². The minimum absolute atomic E-state index is 0.0135. The summed E-state index contributed by atoms with van der Waals surface area (Å²) in [6, 6.07) is 0. The fourth-order valence-electron chi connectivity index (χ4n) is 3.83. The Kier molecular flexibility index (Phi) is 4.47. The lowest BCUT2D eigenvalue weighted by atomic mass is 9.75. The molecule has 2 heterocycles. The molecule has 0 spiro atoms. The van der Waals surface area contributed by atoms with Crippen molar-refractivity contribution in [3.8, 4) is 0 Å². The molecule has 0 bridgehead atoms. The zero-order valence-electron chi connectivity index (χ0n) is 16.5. The second kappa shape index (κ2) is 6.12. The Balaban J connectivity index is 1.97. The summed E-state index contributed by atoms with van der Waals surface area (Å²) in [5, 5.41) is -0.303. The van der Waals surface area contributed by atoms with E-state index >= 15 is 0 Å². The Bertz CT molecular complexity index is 826. The molecule has 7 heteroatoms. The summed E-state index contributed by atoms with van der Waals surface area (Å²) in [5.41, 5.74) is 2.29. The van der Waals surface area contributed by atoms with Crippen molar-refractivity contribution in [1.82, 2.24) is 0 Å². The molecule has 0 aromatic heterocycles. The van der Waals surface area contributed by atoms with Crippen LogP contribution in [0, 0.1) is 11.3 Å². The van der Waals surface area contributed by atoms with Gasteiger partial charge >= 0.3 is 19.9 Å². The van der Waals surface area contributed by atoms with Gasteiger partial charge in [0.25, 0.3) is 0 Å². The van der Waals surface area contributed by atoms with Crippen LogP contribution in [-0.2, 0) is 18.8 Å².